The first-order valence-corrected chi connectivity index (χ1v) is 6.05. The topological polar surface area (TPSA) is 70.1 Å². The fraction of sp³-hybridized carbons (Fsp3) is 0.0833. The number of H-pyrrole nitrogens is 1. The van der Waals surface area contributed by atoms with Crippen LogP contribution < -0.4 is 5.43 Å². The summed E-state index contributed by atoms with van der Waals surface area (Å²) in [6.07, 6.45) is 1.57. The highest BCUT2D eigenvalue weighted by Gasteiger charge is 2.07. The van der Waals surface area contributed by atoms with E-state index in [9.17, 15) is 4.79 Å². The van der Waals surface area contributed by atoms with E-state index in [1.807, 2.05) is 31.2 Å². The molecule has 0 aliphatic carbocycles. The van der Waals surface area contributed by atoms with E-state index in [2.05, 4.69) is 36.7 Å². The van der Waals surface area contributed by atoms with E-state index in [4.69, 9.17) is 0 Å². The third-order valence-electron chi connectivity index (χ3n) is 2.17. The number of nitrogens with zero attached hydrogens (tertiary/aromatic N) is 2. The molecule has 0 atom stereocenters. The van der Waals surface area contributed by atoms with E-state index in [1.54, 1.807) is 12.3 Å². The molecule has 0 unspecified atom stereocenters. The maximum atomic E-state index is 11.6. The number of rotatable bonds is 3. The molecular weight excluding hydrogens is 296 g/mol. The van der Waals surface area contributed by atoms with Crippen LogP contribution in [0.3, 0.4) is 0 Å². The van der Waals surface area contributed by atoms with Crippen molar-refractivity contribution in [2.75, 3.05) is 0 Å². The molecule has 0 saturated carbocycles. The Hall–Kier alpha value is -1.95. The minimum absolute atomic E-state index is 0.318. The van der Waals surface area contributed by atoms with Crippen LogP contribution in [0.2, 0.25) is 0 Å². The van der Waals surface area contributed by atoms with Crippen LogP contribution in [-0.4, -0.2) is 22.3 Å². The SMILES string of the molecule is Cc1cc(C(=O)N/N=C\c2cccc(Br)c2)n[nH]1. The number of hydrogen-bond donors (Lipinski definition) is 2. The van der Waals surface area contributed by atoms with Crippen molar-refractivity contribution in [3.05, 3.63) is 51.8 Å². The van der Waals surface area contributed by atoms with Gasteiger partial charge in [0.2, 0.25) is 0 Å². The van der Waals surface area contributed by atoms with E-state index < -0.39 is 0 Å². The van der Waals surface area contributed by atoms with Crippen LogP contribution in [0.5, 0.6) is 0 Å². The molecule has 6 heteroatoms. The van der Waals surface area contributed by atoms with Crippen molar-refractivity contribution >= 4 is 28.1 Å². The van der Waals surface area contributed by atoms with Gasteiger partial charge in [-0.1, -0.05) is 28.1 Å². The molecule has 0 saturated heterocycles. The zero-order valence-electron chi connectivity index (χ0n) is 9.64. The van der Waals surface area contributed by atoms with Crippen molar-refractivity contribution in [3.8, 4) is 0 Å². The molecule has 1 aromatic heterocycles. The molecule has 0 spiro atoms. The molecule has 1 aromatic carbocycles. The van der Waals surface area contributed by atoms with Crippen molar-refractivity contribution in [1.82, 2.24) is 15.6 Å². The van der Waals surface area contributed by atoms with Crippen LogP contribution in [0, 0.1) is 6.92 Å². The molecule has 0 aliphatic rings. The lowest BCUT2D eigenvalue weighted by atomic mass is 10.2. The molecule has 18 heavy (non-hydrogen) atoms. The number of hydrazone groups is 1. The van der Waals surface area contributed by atoms with E-state index >= 15 is 0 Å². The Morgan fingerprint density at radius 1 is 1.50 bits per heavy atom. The average molecular weight is 307 g/mol. The van der Waals surface area contributed by atoms with Gasteiger partial charge in [-0.15, -0.1) is 0 Å². The van der Waals surface area contributed by atoms with Gasteiger partial charge in [0.25, 0.3) is 5.91 Å². The quantitative estimate of drug-likeness (QED) is 0.674. The number of nitrogens with one attached hydrogen (secondary N) is 2. The Bertz CT molecular complexity index is 591. The van der Waals surface area contributed by atoms with Gasteiger partial charge in [0.1, 0.15) is 0 Å². The van der Waals surface area contributed by atoms with Gasteiger partial charge in [-0.05, 0) is 30.7 Å². The number of amides is 1. The van der Waals surface area contributed by atoms with Crippen molar-refractivity contribution < 1.29 is 4.79 Å². The zero-order chi connectivity index (χ0) is 13.0. The van der Waals surface area contributed by atoms with E-state index in [-0.39, 0.29) is 5.91 Å². The largest absolute Gasteiger partial charge is 0.291 e. The highest BCUT2D eigenvalue weighted by molar-refractivity contribution is 9.10. The van der Waals surface area contributed by atoms with Gasteiger partial charge in [0.15, 0.2) is 5.69 Å². The Morgan fingerprint density at radius 2 is 2.33 bits per heavy atom. The summed E-state index contributed by atoms with van der Waals surface area (Å²) in [6, 6.07) is 9.25. The maximum Gasteiger partial charge on any atom is 0.291 e. The van der Waals surface area contributed by atoms with Crippen LogP contribution in [0.1, 0.15) is 21.7 Å². The molecular formula is C12H11BrN4O. The summed E-state index contributed by atoms with van der Waals surface area (Å²) >= 11 is 3.36. The first-order valence-electron chi connectivity index (χ1n) is 5.26. The number of carbonyl (C=O) groups is 1. The van der Waals surface area contributed by atoms with E-state index in [0.717, 1.165) is 15.7 Å². The normalized spacial score (nSPS) is 10.8. The summed E-state index contributed by atoms with van der Waals surface area (Å²) in [5.74, 6) is -0.342. The lowest BCUT2D eigenvalue weighted by Gasteiger charge is -1.96. The molecule has 2 N–H and O–H groups in total. The average Bonchev–Trinajstić information content (AvgIpc) is 2.76. The van der Waals surface area contributed by atoms with Crippen LogP contribution in [-0.2, 0) is 0 Å². The van der Waals surface area contributed by atoms with E-state index in [1.165, 1.54) is 0 Å². The molecule has 2 aromatic rings. The highest BCUT2D eigenvalue weighted by atomic mass is 79.9. The molecule has 0 aliphatic heterocycles. The van der Waals surface area contributed by atoms with Crippen molar-refractivity contribution in [2.45, 2.75) is 6.92 Å². The first-order chi connectivity index (χ1) is 8.65. The molecule has 5 nitrogen and oxygen atoms in total. The molecule has 1 amide bonds. The van der Waals surface area contributed by atoms with Crippen LogP contribution in [0.4, 0.5) is 0 Å². The number of aromatic nitrogens is 2. The lowest BCUT2D eigenvalue weighted by molar-refractivity contribution is 0.0950. The van der Waals surface area contributed by atoms with Crippen LogP contribution in [0.25, 0.3) is 0 Å². The number of halogens is 1. The second-order valence-electron chi connectivity index (χ2n) is 3.69. The first kappa shape index (κ1) is 12.5. The van der Waals surface area contributed by atoms with Gasteiger partial charge < -0.3 is 0 Å². The van der Waals surface area contributed by atoms with Crippen LogP contribution >= 0.6 is 15.9 Å². The number of aryl methyl sites for hydroxylation is 1. The lowest BCUT2D eigenvalue weighted by Crippen LogP contribution is -2.17. The van der Waals surface area contributed by atoms with Crippen molar-refractivity contribution in [2.24, 2.45) is 5.10 Å². The van der Waals surface area contributed by atoms with Gasteiger partial charge in [-0.3, -0.25) is 9.89 Å². The monoisotopic (exact) mass is 306 g/mol. The minimum atomic E-state index is -0.342. The zero-order valence-corrected chi connectivity index (χ0v) is 11.2. The number of aromatic amines is 1. The smallest absolute Gasteiger partial charge is 0.282 e. The van der Waals surface area contributed by atoms with Crippen LogP contribution in [0.15, 0.2) is 39.9 Å². The van der Waals surface area contributed by atoms with Gasteiger partial charge in [-0.2, -0.15) is 10.2 Å². The number of carbonyl (C=O) groups excluding carboxylic acids is 1. The summed E-state index contributed by atoms with van der Waals surface area (Å²) in [5, 5.41) is 10.4. The Labute approximate surface area is 112 Å². The molecule has 92 valence electrons. The molecule has 0 radical (unpaired) electrons. The van der Waals surface area contributed by atoms with Gasteiger partial charge in [-0.25, -0.2) is 5.43 Å². The summed E-state index contributed by atoms with van der Waals surface area (Å²) in [6.45, 7) is 1.83. The predicted octanol–water partition coefficient (Wildman–Crippen LogP) is 2.24. The fourth-order valence-electron chi connectivity index (χ4n) is 1.34. The summed E-state index contributed by atoms with van der Waals surface area (Å²) in [4.78, 5) is 11.6. The molecule has 0 fully saturated rings. The standard InChI is InChI=1S/C12H11BrN4O/c1-8-5-11(16-15-8)12(18)17-14-7-9-3-2-4-10(13)6-9/h2-7H,1H3,(H,15,16)(H,17,18)/b14-7-. The second-order valence-corrected chi connectivity index (χ2v) is 4.61. The molecule has 1 heterocycles. The summed E-state index contributed by atoms with van der Waals surface area (Å²) < 4.78 is 0.959. The van der Waals surface area contributed by atoms with Gasteiger partial charge >= 0.3 is 0 Å². The summed E-state index contributed by atoms with van der Waals surface area (Å²) in [7, 11) is 0. The predicted molar refractivity (Wildman–Crippen MR) is 72.5 cm³/mol. The highest BCUT2D eigenvalue weighted by Crippen LogP contribution is 2.09. The van der Waals surface area contributed by atoms with Crippen molar-refractivity contribution in [1.29, 1.82) is 0 Å². The maximum absolute atomic E-state index is 11.6. The third-order valence-corrected chi connectivity index (χ3v) is 2.66. The second kappa shape index (κ2) is 5.59. The number of benzene rings is 1. The van der Waals surface area contributed by atoms with E-state index in [0.29, 0.717) is 5.69 Å². The Balaban J connectivity index is 1.97. The Kier molecular flexibility index (Phi) is 3.88. The Morgan fingerprint density at radius 3 is 3.00 bits per heavy atom. The minimum Gasteiger partial charge on any atom is -0.282 e. The molecule has 2 rings (SSSR count). The van der Waals surface area contributed by atoms with Gasteiger partial charge in [0, 0.05) is 10.2 Å². The van der Waals surface area contributed by atoms with Gasteiger partial charge in [0.05, 0.1) is 6.21 Å². The third kappa shape index (κ3) is 3.27. The number of hydrogen-bond acceptors (Lipinski definition) is 3. The molecule has 0 bridgehead atoms. The summed E-state index contributed by atoms with van der Waals surface area (Å²) in [5.41, 5.74) is 4.45. The van der Waals surface area contributed by atoms with Crippen molar-refractivity contribution in [3.63, 3.8) is 0 Å². The fourth-order valence-corrected chi connectivity index (χ4v) is 1.76.